The molecule has 0 radical (unpaired) electrons. The minimum absolute atomic E-state index is 0.235. The molecule has 11 heteroatoms. The lowest BCUT2D eigenvalue weighted by Crippen LogP contribution is -2.51. The Balaban J connectivity index is 1.79. The van der Waals surface area contributed by atoms with Crippen LogP contribution in [0.25, 0.3) is 6.08 Å². The molecule has 0 aliphatic carbocycles. The first-order valence-electron chi connectivity index (χ1n) is 10.1. The number of ether oxygens (including phenoxy) is 2. The third kappa shape index (κ3) is 6.03. The number of imide groups is 2. The molecule has 2 aromatic rings. The van der Waals surface area contributed by atoms with E-state index in [0.29, 0.717) is 28.1 Å². The Bertz CT molecular complexity index is 1200. The average Bonchev–Trinajstić information content (AvgIpc) is 2.74. The van der Waals surface area contributed by atoms with E-state index in [0.717, 1.165) is 15.6 Å². The zero-order valence-corrected chi connectivity index (χ0v) is 21.7. The molecule has 5 amide bonds. The fourth-order valence-electron chi connectivity index (χ4n) is 3.05. The summed E-state index contributed by atoms with van der Waals surface area (Å²) in [7, 11) is 0. The summed E-state index contributed by atoms with van der Waals surface area (Å²) < 4.78 is 12.6. The number of benzene rings is 2. The van der Waals surface area contributed by atoms with Crippen LogP contribution in [0.2, 0.25) is 0 Å². The second-order valence-electron chi connectivity index (χ2n) is 7.31. The third-order valence-corrected chi connectivity index (χ3v) is 6.04. The summed E-state index contributed by atoms with van der Waals surface area (Å²) in [6.07, 6.45) is 1.32. The van der Waals surface area contributed by atoms with Crippen LogP contribution in [0.3, 0.4) is 0 Å². The van der Waals surface area contributed by atoms with Crippen LogP contribution in [0.5, 0.6) is 11.5 Å². The van der Waals surface area contributed by atoms with Gasteiger partial charge >= 0.3 is 6.03 Å². The normalized spacial score (nSPS) is 13.2. The minimum Gasteiger partial charge on any atom is -0.490 e. The van der Waals surface area contributed by atoms with Gasteiger partial charge in [0.15, 0.2) is 18.1 Å². The van der Waals surface area contributed by atoms with Crippen molar-refractivity contribution in [2.75, 3.05) is 18.5 Å². The monoisotopic (exact) mass is 593 g/mol. The van der Waals surface area contributed by atoms with Crippen LogP contribution in [0.4, 0.5) is 10.5 Å². The Morgan fingerprint density at radius 3 is 2.26 bits per heavy atom. The molecule has 0 spiro atoms. The van der Waals surface area contributed by atoms with Crippen LogP contribution in [0.15, 0.2) is 38.8 Å². The zero-order chi connectivity index (χ0) is 25.0. The highest BCUT2D eigenvalue weighted by atomic mass is 79.9. The minimum atomic E-state index is -0.877. The predicted molar refractivity (Wildman–Crippen MR) is 133 cm³/mol. The molecule has 1 aliphatic rings. The second kappa shape index (κ2) is 10.8. The highest BCUT2D eigenvalue weighted by Crippen LogP contribution is 2.37. The maximum absolute atomic E-state index is 12.5. The molecule has 1 heterocycles. The first-order chi connectivity index (χ1) is 16.1. The highest BCUT2D eigenvalue weighted by Gasteiger charge is 2.28. The fourth-order valence-corrected chi connectivity index (χ4v) is 4.18. The van der Waals surface area contributed by atoms with E-state index in [4.69, 9.17) is 9.47 Å². The molecule has 34 heavy (non-hydrogen) atoms. The van der Waals surface area contributed by atoms with E-state index in [-0.39, 0.29) is 23.8 Å². The van der Waals surface area contributed by atoms with Gasteiger partial charge < -0.3 is 14.8 Å². The van der Waals surface area contributed by atoms with Crippen LogP contribution in [-0.4, -0.2) is 37.0 Å². The number of hydrogen-bond donors (Lipinski definition) is 3. The maximum atomic E-state index is 12.5. The average molecular weight is 595 g/mol. The van der Waals surface area contributed by atoms with Crippen molar-refractivity contribution in [3.8, 4) is 11.5 Å². The number of urea groups is 1. The summed E-state index contributed by atoms with van der Waals surface area (Å²) in [5.74, 6) is -1.40. The summed E-state index contributed by atoms with van der Waals surface area (Å²) in [6, 6.07) is 6.07. The van der Waals surface area contributed by atoms with Gasteiger partial charge in [0, 0.05) is 4.47 Å². The number of halogens is 2. The smallest absolute Gasteiger partial charge is 0.328 e. The van der Waals surface area contributed by atoms with E-state index in [2.05, 4.69) is 37.2 Å². The SMILES string of the molecule is CCOc1cc(C=C2C(=O)NC(=O)NC2=O)cc(Br)c1OCC(=O)Nc1cc(C)c(C)cc1Br. The van der Waals surface area contributed by atoms with Crippen LogP contribution >= 0.6 is 31.9 Å². The van der Waals surface area contributed by atoms with Crippen LogP contribution in [0.1, 0.15) is 23.6 Å². The number of rotatable bonds is 7. The quantitative estimate of drug-likeness (QED) is 0.329. The molecule has 3 N–H and O–H groups in total. The van der Waals surface area contributed by atoms with Gasteiger partial charge in [0.2, 0.25) is 0 Å². The molecule has 1 aliphatic heterocycles. The van der Waals surface area contributed by atoms with Crippen LogP contribution in [0, 0.1) is 13.8 Å². The molecule has 0 saturated carbocycles. The molecular formula is C23H21Br2N3O6. The molecule has 1 saturated heterocycles. The van der Waals surface area contributed by atoms with Gasteiger partial charge in [-0.1, -0.05) is 0 Å². The van der Waals surface area contributed by atoms with Crippen LogP contribution < -0.4 is 25.4 Å². The molecule has 3 rings (SSSR count). The lowest BCUT2D eigenvalue weighted by atomic mass is 10.1. The molecule has 1 fully saturated rings. The molecule has 0 bridgehead atoms. The number of anilines is 1. The van der Waals surface area contributed by atoms with Gasteiger partial charge in [-0.15, -0.1) is 0 Å². The van der Waals surface area contributed by atoms with Gasteiger partial charge in [-0.05, 0) is 99.7 Å². The number of barbiturate groups is 1. The Kier molecular flexibility index (Phi) is 8.11. The summed E-state index contributed by atoms with van der Waals surface area (Å²) in [5, 5.41) is 6.84. The van der Waals surface area contributed by atoms with Crippen molar-refractivity contribution in [1.82, 2.24) is 10.6 Å². The standard InChI is InChI=1S/C23H21Br2N3O6/c1-4-33-18-9-13(7-14-21(30)27-23(32)28-22(14)31)8-16(25)20(18)34-10-19(29)26-17-6-12(3)11(2)5-15(17)24/h5-9H,4,10H2,1-3H3,(H,26,29)(H2,27,28,30,31,32). The molecule has 2 aromatic carbocycles. The van der Waals surface area contributed by atoms with Gasteiger partial charge in [-0.25, -0.2) is 4.79 Å². The first-order valence-corrected chi connectivity index (χ1v) is 11.7. The Morgan fingerprint density at radius 2 is 1.62 bits per heavy atom. The van der Waals surface area contributed by atoms with E-state index in [9.17, 15) is 19.2 Å². The van der Waals surface area contributed by atoms with E-state index in [1.54, 1.807) is 19.1 Å². The Labute approximate surface area is 212 Å². The topological polar surface area (TPSA) is 123 Å². The van der Waals surface area contributed by atoms with Crippen molar-refractivity contribution in [1.29, 1.82) is 0 Å². The second-order valence-corrected chi connectivity index (χ2v) is 9.02. The molecular weight excluding hydrogens is 574 g/mol. The summed E-state index contributed by atoms with van der Waals surface area (Å²) in [5.41, 5.74) is 2.97. The lowest BCUT2D eigenvalue weighted by molar-refractivity contribution is -0.124. The van der Waals surface area contributed by atoms with Crippen molar-refractivity contribution >= 4 is 67.4 Å². The van der Waals surface area contributed by atoms with E-state index < -0.39 is 17.8 Å². The van der Waals surface area contributed by atoms with Gasteiger partial charge in [-0.3, -0.25) is 25.0 Å². The summed E-state index contributed by atoms with van der Waals surface area (Å²) >= 11 is 6.84. The highest BCUT2D eigenvalue weighted by molar-refractivity contribution is 9.11. The van der Waals surface area contributed by atoms with Crippen LogP contribution in [-0.2, 0) is 14.4 Å². The van der Waals surface area contributed by atoms with Gasteiger partial charge in [0.05, 0.1) is 16.8 Å². The number of aryl methyl sites for hydroxylation is 2. The molecule has 178 valence electrons. The number of amides is 5. The van der Waals surface area contributed by atoms with Crippen molar-refractivity contribution in [2.45, 2.75) is 20.8 Å². The summed E-state index contributed by atoms with van der Waals surface area (Å²) in [4.78, 5) is 47.7. The van der Waals surface area contributed by atoms with Crippen molar-refractivity contribution in [3.63, 3.8) is 0 Å². The molecule has 0 unspecified atom stereocenters. The van der Waals surface area contributed by atoms with Crippen molar-refractivity contribution in [2.24, 2.45) is 0 Å². The lowest BCUT2D eigenvalue weighted by Gasteiger charge is -2.16. The van der Waals surface area contributed by atoms with E-state index in [1.807, 2.05) is 36.6 Å². The molecule has 9 nitrogen and oxygen atoms in total. The van der Waals surface area contributed by atoms with Gasteiger partial charge in [0.1, 0.15) is 5.57 Å². The maximum Gasteiger partial charge on any atom is 0.328 e. The number of carbonyl (C=O) groups excluding carboxylic acids is 4. The van der Waals surface area contributed by atoms with E-state index >= 15 is 0 Å². The predicted octanol–water partition coefficient (Wildman–Crippen LogP) is 3.99. The number of carbonyl (C=O) groups is 4. The first kappa shape index (κ1) is 25.4. The Hall–Kier alpha value is -3.18. The number of nitrogens with one attached hydrogen (secondary N) is 3. The fraction of sp³-hybridized carbons (Fsp3) is 0.217. The molecule has 0 atom stereocenters. The van der Waals surface area contributed by atoms with Crippen molar-refractivity contribution < 1.29 is 28.7 Å². The Morgan fingerprint density at radius 1 is 0.971 bits per heavy atom. The summed E-state index contributed by atoms with van der Waals surface area (Å²) in [6.45, 7) is 5.73. The number of hydrogen-bond acceptors (Lipinski definition) is 6. The zero-order valence-electron chi connectivity index (χ0n) is 18.5. The van der Waals surface area contributed by atoms with E-state index in [1.165, 1.54) is 6.08 Å². The largest absolute Gasteiger partial charge is 0.490 e. The molecule has 0 aromatic heterocycles. The third-order valence-electron chi connectivity index (χ3n) is 4.79. The van der Waals surface area contributed by atoms with Gasteiger partial charge in [-0.2, -0.15) is 0 Å². The van der Waals surface area contributed by atoms with Crippen molar-refractivity contribution in [3.05, 3.63) is 55.5 Å². The van der Waals surface area contributed by atoms with Gasteiger partial charge in [0.25, 0.3) is 17.7 Å².